The highest BCUT2D eigenvalue weighted by Crippen LogP contribution is 2.24. The molecule has 0 aliphatic carbocycles. The van der Waals surface area contributed by atoms with Gasteiger partial charge in [-0.25, -0.2) is 0 Å². The number of hydrogen-bond acceptors (Lipinski definition) is 5. The summed E-state index contributed by atoms with van der Waals surface area (Å²) in [4.78, 5) is 11.5. The third-order valence-electron chi connectivity index (χ3n) is 2.59. The minimum Gasteiger partial charge on any atom is -0.380 e. The SMILES string of the molecule is CC(=O)c1c(C)nsc1NCCOCCC(C)C. The van der Waals surface area contributed by atoms with Crippen LogP contribution < -0.4 is 5.32 Å². The summed E-state index contributed by atoms with van der Waals surface area (Å²) in [6.45, 7) is 9.95. The van der Waals surface area contributed by atoms with Gasteiger partial charge in [0.05, 0.1) is 17.9 Å². The van der Waals surface area contributed by atoms with E-state index in [1.54, 1.807) is 6.92 Å². The predicted molar refractivity (Wildman–Crippen MR) is 75.6 cm³/mol. The average molecular weight is 270 g/mol. The van der Waals surface area contributed by atoms with E-state index in [4.69, 9.17) is 4.74 Å². The molecule has 0 amide bonds. The second-order valence-corrected chi connectivity index (χ2v) is 5.52. The molecule has 0 radical (unpaired) electrons. The third kappa shape index (κ3) is 4.74. The summed E-state index contributed by atoms with van der Waals surface area (Å²) in [5, 5.41) is 4.07. The van der Waals surface area contributed by atoms with Gasteiger partial charge >= 0.3 is 0 Å². The van der Waals surface area contributed by atoms with Crippen molar-refractivity contribution in [3.63, 3.8) is 0 Å². The zero-order chi connectivity index (χ0) is 13.5. The van der Waals surface area contributed by atoms with Crippen molar-refractivity contribution in [1.29, 1.82) is 0 Å². The van der Waals surface area contributed by atoms with Gasteiger partial charge in [0.2, 0.25) is 0 Å². The lowest BCUT2D eigenvalue weighted by molar-refractivity contribution is 0.101. The number of aryl methyl sites for hydroxylation is 1. The van der Waals surface area contributed by atoms with Crippen LogP contribution in [-0.4, -0.2) is 29.9 Å². The van der Waals surface area contributed by atoms with Gasteiger partial charge in [-0.15, -0.1) is 0 Å². The van der Waals surface area contributed by atoms with Crippen molar-refractivity contribution in [2.24, 2.45) is 5.92 Å². The number of rotatable bonds is 8. The lowest BCUT2D eigenvalue weighted by atomic mass is 10.1. The monoisotopic (exact) mass is 270 g/mol. The Morgan fingerprint density at radius 2 is 2.17 bits per heavy atom. The highest BCUT2D eigenvalue weighted by molar-refractivity contribution is 7.10. The van der Waals surface area contributed by atoms with Crippen LogP contribution in [0.2, 0.25) is 0 Å². The normalized spacial score (nSPS) is 10.9. The summed E-state index contributed by atoms with van der Waals surface area (Å²) in [7, 11) is 0. The Morgan fingerprint density at radius 3 is 2.78 bits per heavy atom. The topological polar surface area (TPSA) is 51.2 Å². The van der Waals surface area contributed by atoms with E-state index in [1.165, 1.54) is 11.5 Å². The molecule has 1 heterocycles. The molecule has 0 aromatic carbocycles. The molecule has 0 atom stereocenters. The molecule has 1 aromatic heterocycles. The molecule has 1 rings (SSSR count). The molecule has 0 aliphatic heterocycles. The van der Waals surface area contributed by atoms with Crippen LogP contribution in [0.15, 0.2) is 0 Å². The third-order valence-corrected chi connectivity index (χ3v) is 3.48. The molecule has 0 spiro atoms. The minimum atomic E-state index is 0.0597. The lowest BCUT2D eigenvalue weighted by Gasteiger charge is -2.08. The Balaban J connectivity index is 2.29. The molecule has 0 bridgehead atoms. The fourth-order valence-electron chi connectivity index (χ4n) is 1.56. The summed E-state index contributed by atoms with van der Waals surface area (Å²) in [6.07, 6.45) is 1.08. The van der Waals surface area contributed by atoms with Gasteiger partial charge in [-0.3, -0.25) is 4.79 Å². The first-order chi connectivity index (χ1) is 8.52. The molecule has 0 fully saturated rings. The van der Waals surface area contributed by atoms with Crippen molar-refractivity contribution in [2.45, 2.75) is 34.1 Å². The molecule has 1 aromatic rings. The van der Waals surface area contributed by atoms with Gasteiger partial charge in [-0.05, 0) is 37.7 Å². The fraction of sp³-hybridized carbons (Fsp3) is 0.692. The zero-order valence-corrected chi connectivity index (χ0v) is 12.4. The van der Waals surface area contributed by atoms with E-state index in [2.05, 4.69) is 23.5 Å². The molecule has 0 unspecified atom stereocenters. The maximum absolute atomic E-state index is 11.5. The van der Waals surface area contributed by atoms with Crippen molar-refractivity contribution in [2.75, 3.05) is 25.1 Å². The number of anilines is 1. The average Bonchev–Trinajstić information content (AvgIpc) is 2.64. The van der Waals surface area contributed by atoms with Crippen LogP contribution in [0.1, 0.15) is 43.2 Å². The van der Waals surface area contributed by atoms with Crippen molar-refractivity contribution in [1.82, 2.24) is 4.37 Å². The Bertz CT molecular complexity index is 388. The Morgan fingerprint density at radius 1 is 1.44 bits per heavy atom. The number of Topliss-reactive ketones (excluding diaryl/α,β-unsaturated/α-hetero) is 1. The van der Waals surface area contributed by atoms with Crippen molar-refractivity contribution in [3.05, 3.63) is 11.3 Å². The van der Waals surface area contributed by atoms with Crippen LogP contribution in [-0.2, 0) is 4.74 Å². The molecule has 102 valence electrons. The van der Waals surface area contributed by atoms with Crippen molar-refractivity contribution >= 4 is 22.3 Å². The molecule has 4 nitrogen and oxygen atoms in total. The number of hydrogen-bond donors (Lipinski definition) is 1. The second-order valence-electron chi connectivity index (χ2n) is 4.75. The highest BCUT2D eigenvalue weighted by atomic mass is 32.1. The molecule has 5 heteroatoms. The van der Waals surface area contributed by atoms with Gasteiger partial charge in [0, 0.05) is 13.2 Å². The first-order valence-corrected chi connectivity index (χ1v) is 7.08. The van der Waals surface area contributed by atoms with E-state index in [-0.39, 0.29) is 5.78 Å². The number of aromatic nitrogens is 1. The Hall–Kier alpha value is -0.940. The molecule has 0 aliphatic rings. The quantitative estimate of drug-likeness (QED) is 0.582. The van der Waals surface area contributed by atoms with Crippen LogP contribution in [0, 0.1) is 12.8 Å². The van der Waals surface area contributed by atoms with Gasteiger partial charge < -0.3 is 10.1 Å². The number of carbonyl (C=O) groups is 1. The van der Waals surface area contributed by atoms with Gasteiger partial charge in [0.15, 0.2) is 5.78 Å². The van der Waals surface area contributed by atoms with E-state index in [0.29, 0.717) is 24.6 Å². The molecular formula is C13H22N2O2S. The first kappa shape index (κ1) is 15.1. The van der Waals surface area contributed by atoms with Gasteiger partial charge in [-0.1, -0.05) is 13.8 Å². The summed E-state index contributed by atoms with van der Waals surface area (Å²) in [6, 6.07) is 0. The molecule has 0 saturated carbocycles. The second kappa shape index (κ2) is 7.48. The Kier molecular flexibility index (Phi) is 6.29. The molecule has 1 N–H and O–H groups in total. The van der Waals surface area contributed by atoms with Crippen LogP contribution in [0.25, 0.3) is 0 Å². The fourth-order valence-corrected chi connectivity index (χ4v) is 2.43. The van der Waals surface area contributed by atoms with Gasteiger partial charge in [-0.2, -0.15) is 4.37 Å². The number of nitrogens with one attached hydrogen (secondary N) is 1. The minimum absolute atomic E-state index is 0.0597. The molecule has 0 saturated heterocycles. The van der Waals surface area contributed by atoms with Crippen LogP contribution in [0.4, 0.5) is 5.00 Å². The van der Waals surface area contributed by atoms with Gasteiger partial charge in [0.25, 0.3) is 0 Å². The summed E-state index contributed by atoms with van der Waals surface area (Å²) >= 11 is 1.34. The summed E-state index contributed by atoms with van der Waals surface area (Å²) in [5.41, 5.74) is 1.51. The highest BCUT2D eigenvalue weighted by Gasteiger charge is 2.13. The number of carbonyl (C=O) groups excluding carboxylic acids is 1. The number of ether oxygens (including phenoxy) is 1. The van der Waals surface area contributed by atoms with Crippen molar-refractivity contribution in [3.8, 4) is 0 Å². The van der Waals surface area contributed by atoms with Crippen molar-refractivity contribution < 1.29 is 9.53 Å². The van der Waals surface area contributed by atoms with E-state index >= 15 is 0 Å². The lowest BCUT2D eigenvalue weighted by Crippen LogP contribution is -2.11. The maximum atomic E-state index is 11.5. The molecule has 18 heavy (non-hydrogen) atoms. The van der Waals surface area contributed by atoms with E-state index in [9.17, 15) is 4.79 Å². The first-order valence-electron chi connectivity index (χ1n) is 6.31. The van der Waals surface area contributed by atoms with Crippen LogP contribution in [0.3, 0.4) is 0 Å². The van der Waals surface area contributed by atoms with Crippen LogP contribution in [0.5, 0.6) is 0 Å². The zero-order valence-electron chi connectivity index (χ0n) is 11.6. The standard InChI is InChI=1S/C13H22N2O2S/c1-9(2)5-7-17-8-6-14-13-12(11(4)16)10(3)15-18-13/h9,14H,5-8H2,1-4H3. The smallest absolute Gasteiger partial charge is 0.164 e. The van der Waals surface area contributed by atoms with E-state index < -0.39 is 0 Å². The van der Waals surface area contributed by atoms with E-state index in [0.717, 1.165) is 23.7 Å². The largest absolute Gasteiger partial charge is 0.380 e. The van der Waals surface area contributed by atoms with E-state index in [1.807, 2.05) is 6.92 Å². The molecular weight excluding hydrogens is 248 g/mol. The van der Waals surface area contributed by atoms with Gasteiger partial charge in [0.1, 0.15) is 5.00 Å². The number of nitrogens with zero attached hydrogens (tertiary/aromatic N) is 1. The summed E-state index contributed by atoms with van der Waals surface area (Å²) in [5.74, 6) is 0.732. The van der Waals surface area contributed by atoms with Crippen LogP contribution >= 0.6 is 11.5 Å². The summed E-state index contributed by atoms with van der Waals surface area (Å²) < 4.78 is 9.70. The predicted octanol–water partition coefficient (Wildman–Crippen LogP) is 3.13. The number of ketones is 1. The Labute approximate surface area is 113 Å². The maximum Gasteiger partial charge on any atom is 0.164 e.